The van der Waals surface area contributed by atoms with E-state index in [9.17, 15) is 0 Å². The molecule has 1 saturated carbocycles. The Bertz CT molecular complexity index is 419. The third kappa shape index (κ3) is 4.22. The molecule has 1 aromatic carbocycles. The number of aryl methyl sites for hydroxylation is 1. The van der Waals surface area contributed by atoms with Gasteiger partial charge in [-0.1, -0.05) is 50.5 Å². The summed E-state index contributed by atoms with van der Waals surface area (Å²) < 4.78 is 0. The molecule has 2 heteroatoms. The highest BCUT2D eigenvalue weighted by molar-refractivity contribution is 5.30. The molecule has 0 N–H and O–H groups in total. The van der Waals surface area contributed by atoms with Crippen LogP contribution in [0.15, 0.2) is 24.3 Å². The Morgan fingerprint density at radius 2 is 1.67 bits per heavy atom. The maximum absolute atomic E-state index is 7.26. The molecule has 0 aliphatic heterocycles. The lowest BCUT2D eigenvalue weighted by Crippen LogP contribution is -2.06. The second kappa shape index (κ2) is 8.31. The average Bonchev–Trinajstić information content (AvgIpc) is 2.48. The summed E-state index contributed by atoms with van der Waals surface area (Å²) in [6.45, 7) is 2.27. The van der Waals surface area contributed by atoms with E-state index in [0.717, 1.165) is 5.92 Å². The molecule has 2 nitrogen and oxygen atoms in total. The van der Waals surface area contributed by atoms with E-state index < -0.39 is 0 Å². The van der Waals surface area contributed by atoms with Crippen LogP contribution in [-0.2, 0) is 6.42 Å². The quantitative estimate of drug-likeness (QED) is 0.772. The van der Waals surface area contributed by atoms with Crippen molar-refractivity contribution in [2.24, 2.45) is 0 Å². The van der Waals surface area contributed by atoms with Crippen molar-refractivity contribution in [2.45, 2.75) is 51.4 Å². The first kappa shape index (κ1) is 14.3. The Hall–Kier alpha value is -1.80. The fourth-order valence-corrected chi connectivity index (χ4v) is 2.67. The van der Waals surface area contributed by atoms with Gasteiger partial charge in [-0.05, 0) is 36.3 Å². The van der Waals surface area contributed by atoms with E-state index in [0.29, 0.717) is 0 Å². The Balaban J connectivity index is 0.000000357. The van der Waals surface area contributed by atoms with Gasteiger partial charge in [0, 0.05) is 0 Å². The molecule has 1 aromatic rings. The van der Waals surface area contributed by atoms with E-state index >= 15 is 0 Å². The molecule has 0 amide bonds. The van der Waals surface area contributed by atoms with Crippen molar-refractivity contribution in [2.75, 3.05) is 0 Å². The highest BCUT2D eigenvalue weighted by Crippen LogP contribution is 2.34. The molecular weight excluding hydrogens is 220 g/mol. The molecule has 0 unspecified atom stereocenters. The van der Waals surface area contributed by atoms with Crippen molar-refractivity contribution in [3.63, 3.8) is 0 Å². The summed E-state index contributed by atoms with van der Waals surface area (Å²) in [7, 11) is 0. The van der Waals surface area contributed by atoms with Gasteiger partial charge >= 0.3 is 0 Å². The standard InChI is InChI=1S/C14H20.C2N2/c1-2-12-8-6-7-11-14(12)13-9-4-3-5-10-13;3-1-2-4/h6-8,11,13H,2-5,9-10H2,1H3;. The number of nitrogens with zero attached hydrogens (tertiary/aromatic N) is 2. The highest BCUT2D eigenvalue weighted by Gasteiger charge is 2.16. The van der Waals surface area contributed by atoms with Crippen LogP contribution in [-0.4, -0.2) is 0 Å². The van der Waals surface area contributed by atoms with Gasteiger partial charge < -0.3 is 0 Å². The number of benzene rings is 1. The summed E-state index contributed by atoms with van der Waals surface area (Å²) in [5, 5.41) is 14.5. The van der Waals surface area contributed by atoms with Crippen molar-refractivity contribution in [3.8, 4) is 12.1 Å². The molecule has 0 atom stereocenters. The summed E-state index contributed by atoms with van der Waals surface area (Å²) in [5.74, 6) is 0.861. The summed E-state index contributed by atoms with van der Waals surface area (Å²) in [6.07, 6.45) is 8.33. The monoisotopic (exact) mass is 240 g/mol. The maximum Gasteiger partial charge on any atom is 0.181 e. The maximum atomic E-state index is 7.26. The number of rotatable bonds is 2. The van der Waals surface area contributed by atoms with Gasteiger partial charge in [0.25, 0.3) is 0 Å². The summed E-state index contributed by atoms with van der Waals surface area (Å²) >= 11 is 0. The SMILES string of the molecule is CCc1ccccc1C1CCCCC1.N#CC#N. The zero-order valence-electron chi connectivity index (χ0n) is 11.0. The van der Waals surface area contributed by atoms with Crippen molar-refractivity contribution < 1.29 is 0 Å². The van der Waals surface area contributed by atoms with Gasteiger partial charge in [-0.15, -0.1) is 0 Å². The molecule has 0 radical (unpaired) electrons. The fraction of sp³-hybridized carbons (Fsp3) is 0.500. The third-order valence-electron chi connectivity index (χ3n) is 3.53. The van der Waals surface area contributed by atoms with E-state index in [4.69, 9.17) is 10.5 Å². The van der Waals surface area contributed by atoms with Gasteiger partial charge in [0.05, 0.1) is 0 Å². The van der Waals surface area contributed by atoms with Crippen molar-refractivity contribution >= 4 is 0 Å². The topological polar surface area (TPSA) is 47.6 Å². The van der Waals surface area contributed by atoms with E-state index in [2.05, 4.69) is 31.2 Å². The van der Waals surface area contributed by atoms with E-state index in [1.807, 2.05) is 0 Å². The van der Waals surface area contributed by atoms with Gasteiger partial charge in [0.1, 0.15) is 0 Å². The lowest BCUT2D eigenvalue weighted by molar-refractivity contribution is 0.442. The molecule has 2 rings (SSSR count). The van der Waals surface area contributed by atoms with Crippen molar-refractivity contribution in [1.82, 2.24) is 0 Å². The molecule has 0 aromatic heterocycles. The van der Waals surface area contributed by atoms with Gasteiger partial charge in [-0.25, -0.2) is 0 Å². The lowest BCUT2D eigenvalue weighted by atomic mass is 9.82. The molecule has 18 heavy (non-hydrogen) atoms. The highest BCUT2D eigenvalue weighted by atomic mass is 14.3. The second-order valence-corrected chi connectivity index (χ2v) is 4.61. The second-order valence-electron chi connectivity index (χ2n) is 4.61. The zero-order chi connectivity index (χ0) is 13.2. The van der Waals surface area contributed by atoms with Gasteiger partial charge in [-0.2, -0.15) is 10.5 Å². The zero-order valence-corrected chi connectivity index (χ0v) is 11.0. The summed E-state index contributed by atoms with van der Waals surface area (Å²) in [6, 6.07) is 11.5. The normalized spacial score (nSPS) is 14.8. The van der Waals surface area contributed by atoms with Crippen molar-refractivity contribution in [3.05, 3.63) is 35.4 Å². The van der Waals surface area contributed by atoms with Crippen LogP contribution in [0.4, 0.5) is 0 Å². The minimum Gasteiger partial charge on any atom is -0.181 e. The van der Waals surface area contributed by atoms with E-state index in [-0.39, 0.29) is 0 Å². The molecular formula is C16H20N2. The third-order valence-corrected chi connectivity index (χ3v) is 3.53. The van der Waals surface area contributed by atoms with Crippen LogP contribution in [0.25, 0.3) is 0 Å². The average molecular weight is 240 g/mol. The van der Waals surface area contributed by atoms with Gasteiger partial charge in [0.2, 0.25) is 0 Å². The first-order valence-electron chi connectivity index (χ1n) is 6.69. The molecule has 0 spiro atoms. The van der Waals surface area contributed by atoms with E-state index in [1.54, 1.807) is 11.1 Å². The number of hydrogen-bond acceptors (Lipinski definition) is 2. The molecule has 1 aliphatic rings. The summed E-state index contributed by atoms with van der Waals surface area (Å²) in [4.78, 5) is 0. The smallest absolute Gasteiger partial charge is 0.181 e. The molecule has 94 valence electrons. The predicted octanol–water partition coefficient (Wildman–Crippen LogP) is 4.33. The van der Waals surface area contributed by atoms with Crippen LogP contribution in [0, 0.1) is 22.7 Å². The number of nitriles is 2. The molecule has 1 fully saturated rings. The van der Waals surface area contributed by atoms with Crippen LogP contribution in [0.3, 0.4) is 0 Å². The minimum absolute atomic E-state index is 0.861. The predicted molar refractivity (Wildman–Crippen MR) is 72.9 cm³/mol. The van der Waals surface area contributed by atoms with Crippen LogP contribution in [0.5, 0.6) is 0 Å². The first-order valence-corrected chi connectivity index (χ1v) is 6.69. The Labute approximate surface area is 110 Å². The Morgan fingerprint density at radius 1 is 1.06 bits per heavy atom. The van der Waals surface area contributed by atoms with Crippen LogP contribution >= 0.6 is 0 Å². The van der Waals surface area contributed by atoms with E-state index in [1.165, 1.54) is 50.7 Å². The van der Waals surface area contributed by atoms with Crippen LogP contribution in [0.2, 0.25) is 0 Å². The van der Waals surface area contributed by atoms with Crippen molar-refractivity contribution in [1.29, 1.82) is 10.5 Å². The first-order chi connectivity index (χ1) is 8.83. The summed E-state index contributed by atoms with van der Waals surface area (Å²) in [5.41, 5.74) is 3.20. The largest absolute Gasteiger partial charge is 0.181 e. The molecule has 0 saturated heterocycles. The fourth-order valence-electron chi connectivity index (χ4n) is 2.67. The van der Waals surface area contributed by atoms with Gasteiger partial charge in [0.15, 0.2) is 12.1 Å². The molecule has 1 aliphatic carbocycles. The minimum atomic E-state index is 0.861. The van der Waals surface area contributed by atoms with Gasteiger partial charge in [-0.3, -0.25) is 0 Å². The Morgan fingerprint density at radius 3 is 2.22 bits per heavy atom. The van der Waals surface area contributed by atoms with Crippen LogP contribution < -0.4 is 0 Å². The number of hydrogen-bond donors (Lipinski definition) is 0. The lowest BCUT2D eigenvalue weighted by Gasteiger charge is -2.24. The van der Waals surface area contributed by atoms with Crippen LogP contribution in [0.1, 0.15) is 56.1 Å². The molecule has 0 bridgehead atoms. The Kier molecular flexibility index (Phi) is 6.59. The molecule has 0 heterocycles.